The van der Waals surface area contributed by atoms with Gasteiger partial charge in [0.1, 0.15) is 67.1 Å². The third kappa shape index (κ3) is 21.0. The molecule has 0 bridgehead atoms. The number of aliphatic hydroxyl groups is 1. The van der Waals surface area contributed by atoms with E-state index in [1.807, 2.05) is 273 Å². The molecule has 0 spiro atoms. The highest BCUT2D eigenvalue weighted by Gasteiger charge is 2.58. The minimum absolute atomic E-state index is 0.00199. The van der Waals surface area contributed by atoms with Crippen LogP contribution in [0.2, 0.25) is 0 Å². The number of hydrogen-bond acceptors (Lipinski definition) is 17. The molecule has 0 saturated carbocycles. The fourth-order valence-corrected chi connectivity index (χ4v) is 12.6. The average Bonchev–Trinajstić information content (AvgIpc) is 0.761. The van der Waals surface area contributed by atoms with Crippen LogP contribution in [-0.2, 0) is 135 Å². The third-order valence-electron chi connectivity index (χ3n) is 17.6. The van der Waals surface area contributed by atoms with Gasteiger partial charge in [-0.15, -0.1) is 0 Å². The van der Waals surface area contributed by atoms with Crippen molar-refractivity contribution in [2.45, 2.75) is 159 Å². The Morgan fingerprint density at radius 2 is 0.500 bits per heavy atom. The first-order valence-corrected chi connectivity index (χ1v) is 34.2. The van der Waals surface area contributed by atoms with E-state index in [4.69, 9.17) is 71.1 Å². The van der Waals surface area contributed by atoms with Crippen molar-refractivity contribution in [3.8, 4) is 0 Å². The molecule has 9 aromatic carbocycles. The first kappa shape index (κ1) is 71.7. The lowest BCUT2D eigenvalue weighted by molar-refractivity contribution is -0.402. The average molecular weight is 1360 g/mol. The van der Waals surface area contributed by atoms with Crippen LogP contribution in [0.3, 0.4) is 0 Å². The quantitative estimate of drug-likeness (QED) is 0.0371. The fourth-order valence-electron chi connectivity index (χ4n) is 12.6. The van der Waals surface area contributed by atoms with Crippen LogP contribution in [0.25, 0.3) is 0 Å². The summed E-state index contributed by atoms with van der Waals surface area (Å²) in [5.41, 5.74) is 7.99. The molecule has 17 nitrogen and oxygen atoms in total. The molecule has 17 heteroatoms. The summed E-state index contributed by atoms with van der Waals surface area (Å²) in [7, 11) is 0. The van der Waals surface area contributed by atoms with Crippen LogP contribution in [0.5, 0.6) is 0 Å². The minimum Gasteiger partial charge on any atom is -0.454 e. The Kier molecular flexibility index (Phi) is 27.3. The second-order valence-electron chi connectivity index (χ2n) is 25.0. The van der Waals surface area contributed by atoms with Gasteiger partial charge in [-0.3, -0.25) is 4.79 Å². The lowest BCUT2D eigenvalue weighted by Crippen LogP contribution is -2.68. The highest BCUT2D eigenvalue weighted by Crippen LogP contribution is 2.40. The maximum absolute atomic E-state index is 14.0. The van der Waals surface area contributed by atoms with Gasteiger partial charge in [0.05, 0.1) is 79.3 Å². The first-order valence-electron chi connectivity index (χ1n) is 34.2. The largest absolute Gasteiger partial charge is 0.454 e. The Labute approximate surface area is 585 Å². The van der Waals surface area contributed by atoms with Gasteiger partial charge in [-0.2, -0.15) is 0 Å². The number of aliphatic hydroxyl groups excluding tert-OH is 1. The van der Waals surface area contributed by atoms with Gasteiger partial charge in [0.15, 0.2) is 25.0 Å². The molecule has 15 atom stereocenters. The number of hydrogen-bond donors (Lipinski definition) is 1. The maximum Gasteiger partial charge on any atom is 0.303 e. The summed E-state index contributed by atoms with van der Waals surface area (Å²) in [5, 5.41) is 12.9. The molecule has 0 aliphatic carbocycles. The van der Waals surface area contributed by atoms with Crippen molar-refractivity contribution in [2.24, 2.45) is 0 Å². The van der Waals surface area contributed by atoms with Gasteiger partial charge in [0, 0.05) is 6.92 Å². The zero-order chi connectivity index (χ0) is 68.3. The van der Waals surface area contributed by atoms with E-state index in [9.17, 15) is 9.90 Å². The van der Waals surface area contributed by atoms with Crippen molar-refractivity contribution >= 4 is 5.97 Å². The van der Waals surface area contributed by atoms with Crippen LogP contribution in [0, 0.1) is 0 Å². The second kappa shape index (κ2) is 38.0. The van der Waals surface area contributed by atoms with E-state index in [0.717, 1.165) is 50.1 Å². The van der Waals surface area contributed by atoms with Gasteiger partial charge < -0.3 is 76.2 Å². The van der Waals surface area contributed by atoms with Crippen LogP contribution in [0.15, 0.2) is 273 Å². The van der Waals surface area contributed by atoms with Gasteiger partial charge in [0.25, 0.3) is 0 Å². The van der Waals surface area contributed by atoms with E-state index in [0.29, 0.717) is 0 Å². The van der Waals surface area contributed by atoms with Crippen LogP contribution in [0.1, 0.15) is 57.0 Å². The molecular weight excluding hydrogens is 1270 g/mol. The minimum atomic E-state index is -1.71. The Bertz CT molecular complexity index is 3730. The highest BCUT2D eigenvalue weighted by molar-refractivity contribution is 5.66. The molecule has 522 valence electrons. The topological polar surface area (TPSA) is 176 Å². The number of esters is 1. The molecule has 9 aromatic rings. The number of carbonyl (C=O) groups is 1. The zero-order valence-electron chi connectivity index (χ0n) is 56.1. The van der Waals surface area contributed by atoms with E-state index in [1.165, 1.54) is 6.92 Å². The normalized spacial score (nSPS) is 25.2. The van der Waals surface area contributed by atoms with Crippen molar-refractivity contribution in [2.75, 3.05) is 19.8 Å². The SMILES string of the molecule is CC(=O)O[C@H]1[C@@H](O[C@@H]2[C@@H](O[C@H]3[C@@H](OCc4ccccc4)[C@H](OCc4ccccc4)[C@@H](COCc4ccccc4)O[C@@H]3O)O[C@H](COCc3ccccc3)[C@@H](OCc3ccccc3)[C@@H]2OCc2ccccc2)O[C@H](COCc2ccccc2)[C@@H](OCc2ccccc2)[C@@H]1OCc1ccccc1. The molecule has 0 amide bonds. The van der Waals surface area contributed by atoms with Crippen molar-refractivity contribution < 1.29 is 81.0 Å². The Morgan fingerprint density at radius 1 is 0.280 bits per heavy atom. The van der Waals surface area contributed by atoms with Crippen LogP contribution >= 0.6 is 0 Å². The van der Waals surface area contributed by atoms with Crippen LogP contribution in [0.4, 0.5) is 0 Å². The zero-order valence-corrected chi connectivity index (χ0v) is 56.1. The maximum atomic E-state index is 14.0. The Morgan fingerprint density at radius 3 is 0.780 bits per heavy atom. The number of carbonyl (C=O) groups excluding carboxylic acids is 1. The molecule has 3 aliphatic heterocycles. The van der Waals surface area contributed by atoms with E-state index in [-0.39, 0.29) is 79.3 Å². The monoisotopic (exact) mass is 1360 g/mol. The van der Waals surface area contributed by atoms with Crippen molar-refractivity contribution in [3.63, 3.8) is 0 Å². The molecule has 0 radical (unpaired) electrons. The van der Waals surface area contributed by atoms with Gasteiger partial charge >= 0.3 is 5.97 Å². The summed E-state index contributed by atoms with van der Waals surface area (Å²) in [6, 6.07) is 88.0. The van der Waals surface area contributed by atoms with Crippen molar-refractivity contribution in [1.82, 2.24) is 0 Å². The van der Waals surface area contributed by atoms with Gasteiger partial charge in [-0.25, -0.2) is 0 Å². The molecule has 100 heavy (non-hydrogen) atoms. The predicted octanol–water partition coefficient (Wildman–Crippen LogP) is 13.0. The number of rotatable bonds is 35. The number of ether oxygens (including phenoxy) is 15. The molecule has 1 N–H and O–H groups in total. The lowest BCUT2D eigenvalue weighted by atomic mass is 9.95. The third-order valence-corrected chi connectivity index (χ3v) is 17.6. The van der Waals surface area contributed by atoms with Crippen molar-refractivity contribution in [1.29, 1.82) is 0 Å². The molecule has 3 saturated heterocycles. The van der Waals surface area contributed by atoms with Crippen LogP contribution in [-0.4, -0.2) is 123 Å². The molecule has 3 heterocycles. The van der Waals surface area contributed by atoms with E-state index in [2.05, 4.69) is 0 Å². The molecule has 3 aliphatic rings. The Balaban J connectivity index is 0.975. The fraction of sp³-hybridized carbons (Fsp3) is 0.337. The highest BCUT2D eigenvalue weighted by atomic mass is 16.8. The smallest absolute Gasteiger partial charge is 0.303 e. The number of benzene rings is 9. The summed E-state index contributed by atoms with van der Waals surface area (Å²) >= 11 is 0. The summed E-state index contributed by atoms with van der Waals surface area (Å²) < 4.78 is 105. The second-order valence-corrected chi connectivity index (χ2v) is 25.0. The summed E-state index contributed by atoms with van der Waals surface area (Å²) in [5.74, 6) is -0.648. The molecule has 3 fully saturated rings. The van der Waals surface area contributed by atoms with Gasteiger partial charge in [-0.1, -0.05) is 273 Å². The Hall–Kier alpha value is -8.15. The molecule has 12 rings (SSSR count). The molecule has 0 unspecified atom stereocenters. The first-order chi connectivity index (χ1) is 49.3. The standard InChI is InChI=1S/C83H88O17/c1-59(84)95-79-76(93-54-67-43-25-9-26-44-67)73(90-51-64-37-19-6-20-38-64)70(57-87-48-61-31-13-3-14-32-61)97-82(79)100-80-77(94-55-68-45-27-10-28-46-68)74(91-52-65-39-21-7-22-40-65)71(58-88-49-62-33-15-4-16-34-62)98-83(80)99-78-75(92-53-66-41-23-8-24-42-66)72(89-50-63-35-17-5-18-36-63)69(96-81(78)85)56-86-47-60-29-11-2-12-30-60/h2-46,69-83,85H,47-58H2,1H3/t69-,70-,71-,72-,73-,74-,75+,76+,77+,78+,79-,80+,81+,82-,83-/m1/s1. The van der Waals surface area contributed by atoms with E-state index < -0.39 is 98.1 Å². The van der Waals surface area contributed by atoms with E-state index >= 15 is 0 Å². The van der Waals surface area contributed by atoms with Crippen molar-refractivity contribution in [3.05, 3.63) is 323 Å². The lowest BCUT2D eigenvalue weighted by Gasteiger charge is -2.51. The summed E-state index contributed by atoms with van der Waals surface area (Å²) in [6.45, 7) is 2.55. The summed E-state index contributed by atoms with van der Waals surface area (Å²) in [4.78, 5) is 14.0. The van der Waals surface area contributed by atoms with Crippen LogP contribution < -0.4 is 0 Å². The summed E-state index contributed by atoms with van der Waals surface area (Å²) in [6.07, 6.45) is -18.0. The predicted molar refractivity (Wildman–Crippen MR) is 372 cm³/mol. The van der Waals surface area contributed by atoms with Gasteiger partial charge in [0.2, 0.25) is 0 Å². The van der Waals surface area contributed by atoms with Gasteiger partial charge in [-0.05, 0) is 50.1 Å². The van der Waals surface area contributed by atoms with E-state index in [1.54, 1.807) is 0 Å². The molecule has 0 aromatic heterocycles. The molecular formula is C83H88O17.